The van der Waals surface area contributed by atoms with E-state index in [4.69, 9.17) is 5.73 Å². The smallest absolute Gasteiger partial charge is 0.180 e. The number of nitrogens with two attached hydrogens (primary N) is 1. The Morgan fingerprint density at radius 3 is 2.32 bits per heavy atom. The SMILES string of the molecule is Br.Cc1ccc(-c2ccc(-c3csc(N)n3)s2)cc1. The van der Waals surface area contributed by atoms with Gasteiger partial charge in [-0.1, -0.05) is 29.8 Å². The van der Waals surface area contributed by atoms with Crippen LogP contribution in [0.4, 0.5) is 5.13 Å². The van der Waals surface area contributed by atoms with E-state index in [1.54, 1.807) is 11.3 Å². The zero-order chi connectivity index (χ0) is 12.5. The minimum atomic E-state index is 0. The highest BCUT2D eigenvalue weighted by Crippen LogP contribution is 2.35. The van der Waals surface area contributed by atoms with Crippen molar-refractivity contribution in [2.24, 2.45) is 0 Å². The second kappa shape index (κ2) is 5.86. The Labute approximate surface area is 130 Å². The van der Waals surface area contributed by atoms with Crippen molar-refractivity contribution in [3.8, 4) is 21.0 Å². The maximum Gasteiger partial charge on any atom is 0.180 e. The van der Waals surface area contributed by atoms with Gasteiger partial charge in [0.2, 0.25) is 0 Å². The lowest BCUT2D eigenvalue weighted by atomic mass is 10.1. The minimum absolute atomic E-state index is 0. The molecular weight excluding hydrogens is 340 g/mol. The zero-order valence-corrected chi connectivity index (χ0v) is 13.6. The highest BCUT2D eigenvalue weighted by molar-refractivity contribution is 8.93. The molecule has 98 valence electrons. The molecule has 0 fully saturated rings. The Hall–Kier alpha value is -1.17. The number of hydrogen-bond donors (Lipinski definition) is 1. The third kappa shape index (κ3) is 3.05. The molecule has 1 aromatic carbocycles. The summed E-state index contributed by atoms with van der Waals surface area (Å²) in [5, 5.41) is 2.62. The van der Waals surface area contributed by atoms with E-state index in [-0.39, 0.29) is 17.0 Å². The maximum absolute atomic E-state index is 5.66. The summed E-state index contributed by atoms with van der Waals surface area (Å²) >= 11 is 3.23. The summed E-state index contributed by atoms with van der Waals surface area (Å²) in [5.41, 5.74) is 9.17. The lowest BCUT2D eigenvalue weighted by molar-refractivity contribution is 1.43. The van der Waals surface area contributed by atoms with Gasteiger partial charge in [-0.2, -0.15) is 0 Å². The molecule has 0 spiro atoms. The van der Waals surface area contributed by atoms with Gasteiger partial charge in [-0.25, -0.2) is 4.98 Å². The van der Waals surface area contributed by atoms with Crippen LogP contribution in [0.5, 0.6) is 0 Å². The van der Waals surface area contributed by atoms with E-state index in [1.807, 2.05) is 5.38 Å². The fraction of sp³-hybridized carbons (Fsp3) is 0.0714. The summed E-state index contributed by atoms with van der Waals surface area (Å²) in [6, 6.07) is 12.8. The first-order valence-electron chi connectivity index (χ1n) is 5.60. The van der Waals surface area contributed by atoms with Crippen molar-refractivity contribution in [3.05, 3.63) is 47.3 Å². The van der Waals surface area contributed by atoms with E-state index in [2.05, 4.69) is 48.3 Å². The van der Waals surface area contributed by atoms with Gasteiger partial charge in [0, 0.05) is 10.3 Å². The van der Waals surface area contributed by atoms with Crippen molar-refractivity contribution < 1.29 is 0 Å². The van der Waals surface area contributed by atoms with Gasteiger partial charge in [-0.15, -0.1) is 39.7 Å². The number of halogens is 1. The van der Waals surface area contributed by atoms with Crippen LogP contribution in [-0.4, -0.2) is 4.98 Å². The average molecular weight is 353 g/mol. The molecule has 2 N–H and O–H groups in total. The van der Waals surface area contributed by atoms with Crippen molar-refractivity contribution in [2.45, 2.75) is 6.92 Å². The molecule has 2 nitrogen and oxygen atoms in total. The Kier molecular flexibility index (Phi) is 4.39. The molecule has 19 heavy (non-hydrogen) atoms. The van der Waals surface area contributed by atoms with Crippen LogP contribution in [0.2, 0.25) is 0 Å². The summed E-state index contributed by atoms with van der Waals surface area (Å²) in [6.07, 6.45) is 0. The number of rotatable bonds is 2. The molecule has 0 bridgehead atoms. The highest BCUT2D eigenvalue weighted by atomic mass is 79.9. The second-order valence-corrected chi connectivity index (χ2v) is 6.07. The van der Waals surface area contributed by atoms with Crippen LogP contribution < -0.4 is 5.73 Å². The van der Waals surface area contributed by atoms with E-state index in [9.17, 15) is 0 Å². The molecule has 0 amide bonds. The second-order valence-electron chi connectivity index (χ2n) is 4.10. The van der Waals surface area contributed by atoms with Gasteiger partial charge in [0.1, 0.15) is 0 Å². The topological polar surface area (TPSA) is 38.9 Å². The first-order chi connectivity index (χ1) is 8.72. The molecule has 0 radical (unpaired) electrons. The number of hydrogen-bond acceptors (Lipinski definition) is 4. The Bertz CT molecular complexity index is 671. The fourth-order valence-corrected chi connectivity index (χ4v) is 3.36. The van der Waals surface area contributed by atoms with Crippen LogP contribution in [0.1, 0.15) is 5.56 Å². The Morgan fingerprint density at radius 2 is 1.68 bits per heavy atom. The number of nitrogen functional groups attached to an aromatic ring is 1. The standard InChI is InChI=1S/C14H12N2S2.BrH/c1-9-2-4-10(5-3-9)12-6-7-13(18-12)11-8-17-14(15)16-11;/h2-8H,1H3,(H2,15,16);1H. The van der Waals surface area contributed by atoms with Gasteiger partial charge in [0.25, 0.3) is 0 Å². The molecule has 0 aliphatic rings. The lowest BCUT2D eigenvalue weighted by Crippen LogP contribution is -1.80. The molecule has 0 unspecified atom stereocenters. The molecule has 5 heteroatoms. The van der Waals surface area contributed by atoms with Crippen molar-refractivity contribution in [3.63, 3.8) is 0 Å². The minimum Gasteiger partial charge on any atom is -0.375 e. The summed E-state index contributed by atoms with van der Waals surface area (Å²) in [7, 11) is 0. The quantitative estimate of drug-likeness (QED) is 0.704. The van der Waals surface area contributed by atoms with Crippen LogP contribution in [0.15, 0.2) is 41.8 Å². The lowest BCUT2D eigenvalue weighted by Gasteiger charge is -1.97. The number of nitrogens with zero attached hydrogens (tertiary/aromatic N) is 1. The summed E-state index contributed by atoms with van der Waals surface area (Å²) in [4.78, 5) is 6.73. The van der Waals surface area contributed by atoms with Crippen molar-refractivity contribution in [1.29, 1.82) is 0 Å². The highest BCUT2D eigenvalue weighted by Gasteiger charge is 2.07. The van der Waals surface area contributed by atoms with Crippen molar-refractivity contribution in [1.82, 2.24) is 4.98 Å². The van der Waals surface area contributed by atoms with Crippen molar-refractivity contribution >= 4 is 44.8 Å². The van der Waals surface area contributed by atoms with Crippen LogP contribution in [0.3, 0.4) is 0 Å². The number of aryl methyl sites for hydroxylation is 1. The average Bonchev–Trinajstić information content (AvgIpc) is 2.98. The molecule has 0 aliphatic carbocycles. The van der Waals surface area contributed by atoms with Crippen LogP contribution in [0.25, 0.3) is 21.0 Å². The Balaban J connectivity index is 0.00000133. The van der Waals surface area contributed by atoms with E-state index >= 15 is 0 Å². The third-order valence-electron chi connectivity index (χ3n) is 2.72. The predicted octanol–water partition coefficient (Wildman–Crippen LogP) is 5.01. The van der Waals surface area contributed by atoms with Crippen LogP contribution in [-0.2, 0) is 0 Å². The molecule has 2 heterocycles. The van der Waals surface area contributed by atoms with Crippen molar-refractivity contribution in [2.75, 3.05) is 5.73 Å². The molecule has 3 rings (SSSR count). The number of thiophene rings is 1. The zero-order valence-electron chi connectivity index (χ0n) is 10.3. The van der Waals surface area contributed by atoms with Gasteiger partial charge < -0.3 is 5.73 Å². The summed E-state index contributed by atoms with van der Waals surface area (Å²) in [5.74, 6) is 0. The van der Waals surface area contributed by atoms with E-state index in [1.165, 1.54) is 32.2 Å². The van der Waals surface area contributed by atoms with E-state index in [0.717, 1.165) is 5.69 Å². The first kappa shape index (κ1) is 14.2. The first-order valence-corrected chi connectivity index (χ1v) is 7.30. The maximum atomic E-state index is 5.66. The fourth-order valence-electron chi connectivity index (χ4n) is 1.75. The van der Waals surface area contributed by atoms with E-state index < -0.39 is 0 Å². The molecule has 3 aromatic rings. The molecule has 0 saturated heterocycles. The number of benzene rings is 1. The summed E-state index contributed by atoms with van der Waals surface area (Å²) in [6.45, 7) is 2.10. The van der Waals surface area contributed by atoms with Crippen LogP contribution >= 0.6 is 39.7 Å². The molecular formula is C14H13BrN2S2. The largest absolute Gasteiger partial charge is 0.375 e. The molecule has 0 atom stereocenters. The van der Waals surface area contributed by atoms with Gasteiger partial charge in [-0.05, 0) is 24.6 Å². The summed E-state index contributed by atoms with van der Waals surface area (Å²) < 4.78 is 0. The van der Waals surface area contributed by atoms with Crippen LogP contribution in [0, 0.1) is 6.92 Å². The molecule has 2 aromatic heterocycles. The van der Waals surface area contributed by atoms with Gasteiger partial charge >= 0.3 is 0 Å². The monoisotopic (exact) mass is 352 g/mol. The predicted molar refractivity (Wildman–Crippen MR) is 90.3 cm³/mol. The Morgan fingerprint density at radius 1 is 1.00 bits per heavy atom. The molecule has 0 saturated carbocycles. The molecule has 0 aliphatic heterocycles. The number of anilines is 1. The van der Waals surface area contributed by atoms with Gasteiger partial charge in [-0.3, -0.25) is 0 Å². The normalized spacial score (nSPS) is 10.2. The van der Waals surface area contributed by atoms with Gasteiger partial charge in [0.05, 0.1) is 10.6 Å². The number of aromatic nitrogens is 1. The van der Waals surface area contributed by atoms with E-state index in [0.29, 0.717) is 5.13 Å². The third-order valence-corrected chi connectivity index (χ3v) is 4.55. The van der Waals surface area contributed by atoms with Gasteiger partial charge in [0.15, 0.2) is 5.13 Å². The number of thiazole rings is 1.